The topological polar surface area (TPSA) is 48.0 Å². The first-order valence-electron chi connectivity index (χ1n) is 7.74. The highest BCUT2D eigenvalue weighted by molar-refractivity contribution is 6.12. The van der Waals surface area contributed by atoms with Gasteiger partial charge in [0.1, 0.15) is 14.5 Å². The van der Waals surface area contributed by atoms with Crippen LogP contribution in [0.2, 0.25) is 0 Å². The van der Waals surface area contributed by atoms with E-state index in [0.29, 0.717) is 13.2 Å². The van der Waals surface area contributed by atoms with Gasteiger partial charge < -0.3 is 14.3 Å². The van der Waals surface area contributed by atoms with Gasteiger partial charge in [0.2, 0.25) is 0 Å². The van der Waals surface area contributed by atoms with E-state index in [1.54, 1.807) is 7.11 Å². The van der Waals surface area contributed by atoms with E-state index in [0.717, 1.165) is 5.56 Å². The van der Waals surface area contributed by atoms with Crippen LogP contribution in [0.25, 0.3) is 0 Å². The molecule has 0 radical (unpaired) electrons. The molecule has 2 heterocycles. The van der Waals surface area contributed by atoms with Crippen LogP contribution in [0.5, 0.6) is 0 Å². The first kappa shape index (κ1) is 15.5. The van der Waals surface area contributed by atoms with Gasteiger partial charge in [0.15, 0.2) is 0 Å². The maximum absolute atomic E-state index is 12.2. The molecule has 1 unspecified atom stereocenters. The van der Waals surface area contributed by atoms with Crippen molar-refractivity contribution in [2.45, 2.75) is 37.6 Å². The second-order valence-corrected chi connectivity index (χ2v) is 6.25. The Hall–Kier alpha value is -1.37. The van der Waals surface area contributed by atoms with Gasteiger partial charge in [-0.15, -0.1) is 0 Å². The van der Waals surface area contributed by atoms with E-state index in [1.807, 2.05) is 43.2 Å². The van der Waals surface area contributed by atoms with Crippen molar-refractivity contribution in [2.75, 3.05) is 13.7 Å². The fraction of sp³-hybridized carbons (Fsp3) is 0.562. The van der Waals surface area contributed by atoms with E-state index in [2.05, 4.69) is 6.92 Å². The molecule has 6 heteroatoms. The second kappa shape index (κ2) is 6.03. The average molecular weight is 303 g/mol. The Morgan fingerprint density at radius 2 is 2.18 bits per heavy atom. The Morgan fingerprint density at radius 3 is 2.82 bits per heavy atom. The Kier molecular flexibility index (Phi) is 4.25. The first-order chi connectivity index (χ1) is 10.6. The van der Waals surface area contributed by atoms with Crippen LogP contribution in [0, 0.1) is 5.92 Å². The van der Waals surface area contributed by atoms with Crippen LogP contribution in [-0.2, 0) is 25.7 Å². The number of benzene rings is 1. The third kappa shape index (κ3) is 2.66. The number of esters is 1. The van der Waals surface area contributed by atoms with Crippen LogP contribution >= 0.6 is 0 Å². The highest BCUT2D eigenvalue weighted by Gasteiger charge is 2.61. The zero-order valence-electron chi connectivity index (χ0n) is 13.3. The molecule has 0 N–H and O–H groups in total. The smallest absolute Gasteiger partial charge is 0.309 e. The minimum Gasteiger partial charge on any atom is -0.461 e. The third-order valence-electron chi connectivity index (χ3n) is 4.92. The molecule has 1 aromatic carbocycles. The highest BCUT2D eigenvalue weighted by atomic mass is 16.7. The average Bonchev–Trinajstić information content (AvgIpc) is 2.91. The molecule has 4 atom stereocenters. The first-order valence-corrected chi connectivity index (χ1v) is 7.74. The summed E-state index contributed by atoms with van der Waals surface area (Å²) in [5, 5.41) is 1.93. The van der Waals surface area contributed by atoms with Crippen molar-refractivity contribution in [3.05, 3.63) is 35.9 Å². The summed E-state index contributed by atoms with van der Waals surface area (Å²) >= 11 is 0. The number of fused-ring (bicyclic) bond motifs is 2. The number of nitrogens with zero attached hydrogens (tertiary/aromatic N) is 1. The molecule has 2 saturated heterocycles. The largest absolute Gasteiger partial charge is 0.461 e. The van der Waals surface area contributed by atoms with Gasteiger partial charge in [-0.3, -0.25) is 4.79 Å². The third-order valence-corrected chi connectivity index (χ3v) is 4.92. The van der Waals surface area contributed by atoms with Gasteiger partial charge in [0, 0.05) is 11.9 Å². The van der Waals surface area contributed by atoms with Crippen LogP contribution < -0.4 is 0 Å². The normalized spacial score (nSPS) is 34.0. The van der Waals surface area contributed by atoms with Crippen molar-refractivity contribution in [1.29, 1.82) is 0 Å². The molecule has 1 aromatic rings. The van der Waals surface area contributed by atoms with Crippen LogP contribution in [0.15, 0.2) is 30.3 Å². The number of hydrogen-bond acceptors (Lipinski definition) is 5. The molecule has 2 fully saturated rings. The minimum absolute atomic E-state index is 0.0608. The maximum Gasteiger partial charge on any atom is 0.309 e. The van der Waals surface area contributed by atoms with E-state index in [-0.39, 0.29) is 30.4 Å². The molecule has 2 aliphatic rings. The minimum atomic E-state index is -0.492. The van der Waals surface area contributed by atoms with Crippen molar-refractivity contribution in [3.63, 3.8) is 0 Å². The summed E-state index contributed by atoms with van der Waals surface area (Å²) in [6, 6.07) is 9.96. The number of ether oxygens (including phenoxy) is 2. The predicted molar refractivity (Wildman–Crippen MR) is 83.7 cm³/mol. The summed E-state index contributed by atoms with van der Waals surface area (Å²) in [6.45, 7) is 3.04. The number of hydrogen-bond donors (Lipinski definition) is 0. The lowest BCUT2D eigenvalue weighted by molar-refractivity contribution is -0.206. The molecule has 22 heavy (non-hydrogen) atoms. The molecular formula is C16H22BNO4. The van der Waals surface area contributed by atoms with Crippen molar-refractivity contribution in [1.82, 2.24) is 5.06 Å². The van der Waals surface area contributed by atoms with Gasteiger partial charge in [0.05, 0.1) is 31.7 Å². The lowest BCUT2D eigenvalue weighted by Gasteiger charge is -2.34. The van der Waals surface area contributed by atoms with Crippen molar-refractivity contribution in [2.24, 2.45) is 5.92 Å². The van der Waals surface area contributed by atoms with Gasteiger partial charge in [-0.25, -0.2) is 0 Å². The van der Waals surface area contributed by atoms with E-state index in [4.69, 9.17) is 14.3 Å². The van der Waals surface area contributed by atoms with Gasteiger partial charge in [0.25, 0.3) is 0 Å². The summed E-state index contributed by atoms with van der Waals surface area (Å²) in [4.78, 5) is 17.7. The molecule has 2 bridgehead atoms. The molecule has 118 valence electrons. The maximum atomic E-state index is 12.2. The number of carbonyl (C=O) groups excluding carboxylic acids is 1. The zero-order chi connectivity index (χ0) is 15.7. The van der Waals surface area contributed by atoms with E-state index in [9.17, 15) is 4.79 Å². The summed E-state index contributed by atoms with van der Waals surface area (Å²) in [5.41, 5.74) is 0.498. The summed E-state index contributed by atoms with van der Waals surface area (Å²) in [6.07, 6.45) is 0.266. The molecule has 0 spiro atoms. The highest BCUT2D eigenvalue weighted by Crippen LogP contribution is 2.47. The van der Waals surface area contributed by atoms with Gasteiger partial charge in [-0.2, -0.15) is 5.06 Å². The number of rotatable bonds is 5. The Balaban J connectivity index is 1.61. The monoisotopic (exact) mass is 303 g/mol. The van der Waals surface area contributed by atoms with E-state index >= 15 is 0 Å². The Bertz CT molecular complexity index is 540. The summed E-state index contributed by atoms with van der Waals surface area (Å²) in [7, 11) is 3.70. The van der Waals surface area contributed by atoms with E-state index in [1.165, 1.54) is 0 Å². The van der Waals surface area contributed by atoms with Gasteiger partial charge in [-0.1, -0.05) is 37.3 Å². The second-order valence-electron chi connectivity index (χ2n) is 6.25. The van der Waals surface area contributed by atoms with Crippen molar-refractivity contribution in [3.8, 4) is 0 Å². The van der Waals surface area contributed by atoms with Gasteiger partial charge in [-0.05, 0) is 5.56 Å². The molecule has 5 nitrogen and oxygen atoms in total. The molecule has 3 rings (SSSR count). The van der Waals surface area contributed by atoms with Crippen LogP contribution in [-0.4, -0.2) is 50.2 Å². The Morgan fingerprint density at radius 1 is 1.45 bits per heavy atom. The quantitative estimate of drug-likeness (QED) is 0.593. The fourth-order valence-corrected chi connectivity index (χ4v) is 3.78. The summed E-state index contributed by atoms with van der Waals surface area (Å²) in [5.74, 6) is 0.0215. The summed E-state index contributed by atoms with van der Waals surface area (Å²) < 4.78 is 11.5. The standard InChI is InChI=1S/C16H22BNO4/c1-11-14-15(17)22-16(11,10-18(14)20-2)8-13(19)21-9-12-6-4-3-5-7-12/h3-7,11,14-15H,8-10,17H2,1-2H3/t11?,14-,15+,16-/m0/s1. The molecule has 0 saturated carbocycles. The number of hydroxylamine groups is 2. The fourth-order valence-electron chi connectivity index (χ4n) is 3.78. The van der Waals surface area contributed by atoms with Crippen LogP contribution in [0.3, 0.4) is 0 Å². The number of carbonyl (C=O) groups is 1. The van der Waals surface area contributed by atoms with Crippen LogP contribution in [0.1, 0.15) is 18.9 Å². The molecular weight excluding hydrogens is 281 g/mol. The Labute approximate surface area is 131 Å². The van der Waals surface area contributed by atoms with Crippen molar-refractivity contribution >= 4 is 13.8 Å². The lowest BCUT2D eigenvalue weighted by atomic mass is 9.84. The number of morpholine rings is 1. The zero-order valence-corrected chi connectivity index (χ0v) is 13.3. The molecule has 0 amide bonds. The molecule has 0 aliphatic carbocycles. The molecule has 0 aromatic heterocycles. The van der Waals surface area contributed by atoms with E-state index < -0.39 is 5.60 Å². The SMILES string of the molecule is B[C@@H]1O[C@@]2(CC(=O)OCc3ccccc3)CN(OC)[C@H]1C2C. The van der Waals surface area contributed by atoms with Gasteiger partial charge >= 0.3 is 5.97 Å². The predicted octanol–water partition coefficient (Wildman–Crippen LogP) is 0.730. The van der Waals surface area contributed by atoms with Crippen LogP contribution in [0.4, 0.5) is 0 Å². The lowest BCUT2D eigenvalue weighted by Crippen LogP contribution is -2.48. The molecule has 2 aliphatic heterocycles. The van der Waals surface area contributed by atoms with Crippen molar-refractivity contribution < 1.29 is 19.1 Å².